The molecular weight excluding hydrogens is 482 g/mol. The number of aromatic nitrogens is 2. The van der Waals surface area contributed by atoms with E-state index in [1.807, 2.05) is 42.4 Å². The normalized spacial score (nSPS) is 16.6. The quantitative estimate of drug-likeness (QED) is 0.316. The molecule has 1 aromatic heterocycles. The van der Waals surface area contributed by atoms with Crippen molar-refractivity contribution in [3.63, 3.8) is 0 Å². The van der Waals surface area contributed by atoms with E-state index < -0.39 is 5.41 Å². The van der Waals surface area contributed by atoms with Crippen LogP contribution in [-0.4, -0.2) is 38.4 Å². The fourth-order valence-corrected chi connectivity index (χ4v) is 6.50. The molecule has 37 heavy (non-hydrogen) atoms. The van der Waals surface area contributed by atoms with Crippen molar-refractivity contribution in [1.82, 2.24) is 14.5 Å². The summed E-state index contributed by atoms with van der Waals surface area (Å²) in [6, 6.07) is 13.6. The maximum atomic E-state index is 13.7. The second-order valence-electron chi connectivity index (χ2n) is 11.3. The number of amides is 1. The molecule has 1 saturated carbocycles. The molecule has 194 valence electrons. The first-order valence-corrected chi connectivity index (χ1v) is 14.3. The van der Waals surface area contributed by atoms with E-state index in [-0.39, 0.29) is 29.0 Å². The third-order valence-corrected chi connectivity index (χ3v) is 8.60. The van der Waals surface area contributed by atoms with Gasteiger partial charge in [0.15, 0.2) is 5.16 Å². The van der Waals surface area contributed by atoms with E-state index in [1.54, 1.807) is 18.2 Å². The van der Waals surface area contributed by atoms with E-state index in [0.29, 0.717) is 34.7 Å². The summed E-state index contributed by atoms with van der Waals surface area (Å²) in [5, 5.41) is 1.11. The second kappa shape index (κ2) is 10.4. The van der Waals surface area contributed by atoms with E-state index in [4.69, 9.17) is 4.98 Å². The van der Waals surface area contributed by atoms with Crippen LogP contribution in [0.25, 0.3) is 10.9 Å². The van der Waals surface area contributed by atoms with Crippen molar-refractivity contribution >= 4 is 34.4 Å². The Morgan fingerprint density at radius 2 is 1.76 bits per heavy atom. The minimum atomic E-state index is -0.452. The Hall–Kier alpha value is -2.93. The Balaban J connectivity index is 1.49. The number of ketones is 1. The predicted octanol–water partition coefficient (Wildman–Crippen LogP) is 5.81. The Morgan fingerprint density at radius 3 is 2.49 bits per heavy atom. The molecule has 1 amide bonds. The first-order valence-electron chi connectivity index (χ1n) is 13.3. The monoisotopic (exact) mass is 517 g/mol. The number of Topliss-reactive ketones (excluding diaryl/α,β-unsaturated/α-hetero) is 1. The highest BCUT2D eigenvalue weighted by Gasteiger charge is 2.26. The standard InChI is InChI=1S/C30H35N3O3S/c1-30(2,3)26(34)19-37-29-31-25-17-21(27(35)32-16-15-20-9-7-8-10-22(20)18-32)13-14-24(25)28(36)33(29)23-11-5-4-6-12-23/h7-10,13-14,17,23H,4-6,11-12,15-16,18-19H2,1-3H3. The molecular formula is C30H35N3O3S. The molecule has 0 N–H and O–H groups in total. The molecule has 0 atom stereocenters. The Kier molecular flexibility index (Phi) is 7.26. The summed E-state index contributed by atoms with van der Waals surface area (Å²) in [5.41, 5.74) is 3.00. The molecule has 2 heterocycles. The molecule has 2 aromatic carbocycles. The van der Waals surface area contributed by atoms with E-state index >= 15 is 0 Å². The fraction of sp³-hybridized carbons (Fsp3) is 0.467. The van der Waals surface area contributed by atoms with Crippen LogP contribution in [0.15, 0.2) is 52.4 Å². The number of carbonyl (C=O) groups is 2. The predicted molar refractivity (Wildman–Crippen MR) is 148 cm³/mol. The number of hydrogen-bond acceptors (Lipinski definition) is 5. The highest BCUT2D eigenvalue weighted by molar-refractivity contribution is 7.99. The van der Waals surface area contributed by atoms with Gasteiger partial charge >= 0.3 is 0 Å². The molecule has 0 unspecified atom stereocenters. The Bertz CT molecular complexity index is 1400. The van der Waals surface area contributed by atoms with Crippen LogP contribution in [0.4, 0.5) is 0 Å². The smallest absolute Gasteiger partial charge is 0.262 e. The molecule has 0 saturated heterocycles. The van der Waals surface area contributed by atoms with Crippen LogP contribution in [0.2, 0.25) is 0 Å². The van der Waals surface area contributed by atoms with Gasteiger partial charge in [-0.2, -0.15) is 0 Å². The van der Waals surface area contributed by atoms with Gasteiger partial charge in [0.1, 0.15) is 5.78 Å². The van der Waals surface area contributed by atoms with Crippen molar-refractivity contribution in [3.8, 4) is 0 Å². The average Bonchev–Trinajstić information content (AvgIpc) is 2.90. The van der Waals surface area contributed by atoms with Gasteiger partial charge in [-0.3, -0.25) is 19.0 Å². The number of carbonyl (C=O) groups excluding carboxylic acids is 2. The molecule has 3 aromatic rings. The zero-order valence-electron chi connectivity index (χ0n) is 22.0. The van der Waals surface area contributed by atoms with Crippen molar-refractivity contribution in [3.05, 3.63) is 69.5 Å². The number of thioether (sulfide) groups is 1. The number of nitrogens with zero attached hydrogens (tertiary/aromatic N) is 3. The lowest BCUT2D eigenvalue weighted by Gasteiger charge is -2.29. The van der Waals surface area contributed by atoms with Crippen LogP contribution in [-0.2, 0) is 17.8 Å². The Morgan fingerprint density at radius 1 is 1.03 bits per heavy atom. The van der Waals surface area contributed by atoms with Crippen LogP contribution in [0, 0.1) is 5.41 Å². The third kappa shape index (κ3) is 5.37. The van der Waals surface area contributed by atoms with Crippen LogP contribution in [0.3, 0.4) is 0 Å². The molecule has 1 aliphatic heterocycles. The minimum absolute atomic E-state index is 0.0493. The molecule has 6 nitrogen and oxygen atoms in total. The van der Waals surface area contributed by atoms with Gasteiger partial charge in [-0.05, 0) is 48.6 Å². The van der Waals surface area contributed by atoms with Gasteiger partial charge in [-0.25, -0.2) is 4.98 Å². The topological polar surface area (TPSA) is 72.3 Å². The molecule has 0 bridgehead atoms. The summed E-state index contributed by atoms with van der Waals surface area (Å²) in [6.07, 6.45) is 6.09. The lowest BCUT2D eigenvalue weighted by atomic mass is 9.92. The van der Waals surface area contributed by atoms with Crippen molar-refractivity contribution in [2.45, 2.75) is 77.0 Å². The third-order valence-electron chi connectivity index (χ3n) is 7.64. The first kappa shape index (κ1) is 25.7. The van der Waals surface area contributed by atoms with Crippen LogP contribution in [0.1, 0.15) is 80.4 Å². The maximum Gasteiger partial charge on any atom is 0.262 e. The number of benzene rings is 2. The molecule has 0 spiro atoms. The summed E-state index contributed by atoms with van der Waals surface area (Å²) in [4.78, 5) is 46.6. The second-order valence-corrected chi connectivity index (χ2v) is 12.2. The maximum absolute atomic E-state index is 13.7. The number of hydrogen-bond donors (Lipinski definition) is 0. The zero-order valence-corrected chi connectivity index (χ0v) is 22.8. The fourth-order valence-electron chi connectivity index (χ4n) is 5.27. The molecule has 1 fully saturated rings. The van der Waals surface area contributed by atoms with Gasteiger partial charge in [-0.1, -0.05) is 76.1 Å². The summed E-state index contributed by atoms with van der Waals surface area (Å²) in [6.45, 7) is 6.98. The highest BCUT2D eigenvalue weighted by atomic mass is 32.2. The SMILES string of the molecule is CC(C)(C)C(=O)CSc1nc2cc(C(=O)N3CCc4ccccc4C3)ccc2c(=O)n1C1CCCCC1. The largest absolute Gasteiger partial charge is 0.334 e. The summed E-state index contributed by atoms with van der Waals surface area (Å²) >= 11 is 1.35. The highest BCUT2D eigenvalue weighted by Crippen LogP contribution is 2.32. The molecule has 0 radical (unpaired) electrons. The number of rotatable bonds is 5. The Labute approximate surface area is 222 Å². The van der Waals surface area contributed by atoms with Gasteiger partial charge in [0, 0.05) is 30.1 Å². The van der Waals surface area contributed by atoms with Crippen molar-refractivity contribution in [2.75, 3.05) is 12.3 Å². The van der Waals surface area contributed by atoms with E-state index in [2.05, 4.69) is 12.1 Å². The molecule has 7 heteroatoms. The van der Waals surface area contributed by atoms with E-state index in [0.717, 1.165) is 32.1 Å². The average molecular weight is 518 g/mol. The molecule has 1 aliphatic carbocycles. The van der Waals surface area contributed by atoms with Gasteiger partial charge < -0.3 is 4.90 Å². The molecule has 2 aliphatic rings. The van der Waals surface area contributed by atoms with Crippen LogP contribution >= 0.6 is 11.8 Å². The number of fused-ring (bicyclic) bond motifs is 2. The lowest BCUT2D eigenvalue weighted by molar-refractivity contribution is -0.123. The summed E-state index contributed by atoms with van der Waals surface area (Å²) in [7, 11) is 0. The minimum Gasteiger partial charge on any atom is -0.334 e. The van der Waals surface area contributed by atoms with Crippen molar-refractivity contribution < 1.29 is 9.59 Å². The van der Waals surface area contributed by atoms with E-state index in [9.17, 15) is 14.4 Å². The van der Waals surface area contributed by atoms with Crippen molar-refractivity contribution in [2.24, 2.45) is 5.41 Å². The summed E-state index contributed by atoms with van der Waals surface area (Å²) < 4.78 is 1.82. The van der Waals surface area contributed by atoms with Crippen molar-refractivity contribution in [1.29, 1.82) is 0 Å². The van der Waals surface area contributed by atoms with E-state index in [1.165, 1.54) is 29.3 Å². The zero-order chi connectivity index (χ0) is 26.2. The van der Waals surface area contributed by atoms with Gasteiger partial charge in [0.2, 0.25) is 0 Å². The van der Waals surface area contributed by atoms with Crippen LogP contribution in [0.5, 0.6) is 0 Å². The summed E-state index contributed by atoms with van der Waals surface area (Å²) in [5.74, 6) is 0.336. The first-order chi connectivity index (χ1) is 17.7. The van der Waals surface area contributed by atoms with Crippen LogP contribution < -0.4 is 5.56 Å². The van der Waals surface area contributed by atoms with Gasteiger partial charge in [-0.15, -0.1) is 0 Å². The van der Waals surface area contributed by atoms with Gasteiger partial charge in [0.05, 0.1) is 16.7 Å². The lowest BCUT2D eigenvalue weighted by Crippen LogP contribution is -2.36. The molecule has 5 rings (SSSR count). The van der Waals surface area contributed by atoms with Gasteiger partial charge in [0.25, 0.3) is 11.5 Å².